The third-order valence-electron chi connectivity index (χ3n) is 4.07. The van der Waals surface area contributed by atoms with E-state index >= 15 is 0 Å². The van der Waals surface area contributed by atoms with E-state index in [1.165, 1.54) is 55.2 Å². The Balaban J connectivity index is 3.12. The second-order valence-electron chi connectivity index (χ2n) is 5.76. The number of aliphatic hydroxyl groups is 1. The first-order valence-corrected chi connectivity index (χ1v) is 8.65. The fourth-order valence-electron chi connectivity index (χ4n) is 2.82. The van der Waals surface area contributed by atoms with Gasteiger partial charge in [-0.05, 0) is 61.3 Å². The maximum atomic E-state index is 9.13. The number of benzene rings is 1. The highest BCUT2D eigenvalue weighted by Crippen LogP contribution is 2.30. The molecule has 0 spiro atoms. The lowest BCUT2D eigenvalue weighted by molar-refractivity contribution is 0.0974. The monoisotopic (exact) mass is 292 g/mol. The Morgan fingerprint density at radius 2 is 1.38 bits per heavy atom. The van der Waals surface area contributed by atoms with E-state index in [0.29, 0.717) is 0 Å². The molecule has 0 fully saturated rings. The molecule has 0 aliphatic carbocycles. The Labute approximate surface area is 130 Å². The van der Waals surface area contributed by atoms with Crippen molar-refractivity contribution in [3.8, 4) is 5.75 Å². The fourth-order valence-corrected chi connectivity index (χ4v) is 2.82. The number of aryl methyl sites for hydroxylation is 1. The summed E-state index contributed by atoms with van der Waals surface area (Å²) in [6, 6.07) is 4.27. The predicted octanol–water partition coefficient (Wildman–Crippen LogP) is 5.04. The third-order valence-corrected chi connectivity index (χ3v) is 4.07. The quantitative estimate of drug-likeness (QED) is 0.579. The Kier molecular flexibility index (Phi) is 9.16. The molecule has 0 unspecified atom stereocenters. The van der Waals surface area contributed by atoms with Gasteiger partial charge in [-0.1, -0.05) is 46.1 Å². The Morgan fingerprint density at radius 1 is 0.810 bits per heavy atom. The highest BCUT2D eigenvalue weighted by atomic mass is 16.6. The topological polar surface area (TPSA) is 29.5 Å². The molecular formula is C19H32O2. The standard InChI is InChI=1S/C19H32O2/c1-4-7-10-16-13-14-19(21-15-20)18(12-9-6-3)17(16)11-8-5-2/h13-14,20H,4-12,15H2,1-3H3. The van der Waals surface area contributed by atoms with Crippen LogP contribution in [0.3, 0.4) is 0 Å². The van der Waals surface area contributed by atoms with Gasteiger partial charge in [-0.2, -0.15) is 0 Å². The molecule has 0 aromatic heterocycles. The van der Waals surface area contributed by atoms with Crippen LogP contribution in [0.1, 0.15) is 76.0 Å². The lowest BCUT2D eigenvalue weighted by Crippen LogP contribution is -2.06. The molecule has 2 nitrogen and oxygen atoms in total. The van der Waals surface area contributed by atoms with E-state index in [0.717, 1.165) is 25.0 Å². The summed E-state index contributed by atoms with van der Waals surface area (Å²) in [5.41, 5.74) is 4.32. The van der Waals surface area contributed by atoms with Crippen LogP contribution in [0.4, 0.5) is 0 Å². The Bertz CT molecular complexity index is 399. The van der Waals surface area contributed by atoms with Crippen LogP contribution in [0.2, 0.25) is 0 Å². The summed E-state index contributed by atoms with van der Waals surface area (Å²) in [6.45, 7) is 6.47. The van der Waals surface area contributed by atoms with Crippen molar-refractivity contribution < 1.29 is 9.84 Å². The highest BCUT2D eigenvalue weighted by Gasteiger charge is 2.13. The molecule has 2 heteroatoms. The Morgan fingerprint density at radius 3 is 1.95 bits per heavy atom. The maximum Gasteiger partial charge on any atom is 0.186 e. The van der Waals surface area contributed by atoms with Crippen molar-refractivity contribution in [3.05, 3.63) is 28.8 Å². The summed E-state index contributed by atoms with van der Waals surface area (Å²) in [5, 5.41) is 9.13. The summed E-state index contributed by atoms with van der Waals surface area (Å²) < 4.78 is 5.47. The van der Waals surface area contributed by atoms with Gasteiger partial charge < -0.3 is 9.84 Å². The minimum Gasteiger partial charge on any atom is -0.467 e. The van der Waals surface area contributed by atoms with Crippen molar-refractivity contribution in [2.24, 2.45) is 0 Å². The van der Waals surface area contributed by atoms with E-state index < -0.39 is 0 Å². The van der Waals surface area contributed by atoms with Crippen LogP contribution < -0.4 is 4.74 Å². The molecule has 1 aromatic carbocycles. The SMILES string of the molecule is CCCCc1ccc(OCO)c(CCCC)c1CCCC. The minimum absolute atomic E-state index is 0.235. The number of hydrogen-bond acceptors (Lipinski definition) is 2. The number of rotatable bonds is 11. The average Bonchev–Trinajstić information content (AvgIpc) is 2.50. The predicted molar refractivity (Wildman–Crippen MR) is 90.0 cm³/mol. The van der Waals surface area contributed by atoms with Gasteiger partial charge in [0.05, 0.1) is 0 Å². The second-order valence-corrected chi connectivity index (χ2v) is 5.76. The first kappa shape index (κ1) is 18.0. The summed E-state index contributed by atoms with van der Waals surface area (Å²) >= 11 is 0. The molecule has 120 valence electrons. The molecule has 0 aliphatic rings. The maximum absolute atomic E-state index is 9.13. The molecule has 1 aromatic rings. The van der Waals surface area contributed by atoms with Crippen LogP contribution in [0, 0.1) is 0 Å². The molecule has 1 rings (SSSR count). The van der Waals surface area contributed by atoms with Crippen LogP contribution in [0.5, 0.6) is 5.75 Å². The van der Waals surface area contributed by atoms with Gasteiger partial charge in [0.2, 0.25) is 0 Å². The molecule has 0 saturated carbocycles. The Hall–Kier alpha value is -1.02. The largest absolute Gasteiger partial charge is 0.467 e. The van der Waals surface area contributed by atoms with Crippen LogP contribution in [0.25, 0.3) is 0 Å². The van der Waals surface area contributed by atoms with Crippen molar-refractivity contribution in [1.82, 2.24) is 0 Å². The lowest BCUT2D eigenvalue weighted by Gasteiger charge is -2.19. The molecule has 0 radical (unpaired) electrons. The van der Waals surface area contributed by atoms with E-state index in [4.69, 9.17) is 9.84 Å². The fraction of sp³-hybridized carbons (Fsp3) is 0.684. The summed E-state index contributed by atoms with van der Waals surface area (Å²) in [7, 11) is 0. The van der Waals surface area contributed by atoms with Gasteiger partial charge in [0.1, 0.15) is 5.75 Å². The number of hydrogen-bond donors (Lipinski definition) is 1. The zero-order valence-electron chi connectivity index (χ0n) is 14.1. The number of ether oxygens (including phenoxy) is 1. The van der Waals surface area contributed by atoms with Crippen molar-refractivity contribution in [2.45, 2.75) is 78.6 Å². The van der Waals surface area contributed by atoms with Gasteiger partial charge in [0.25, 0.3) is 0 Å². The molecule has 0 aliphatic heterocycles. The normalized spacial score (nSPS) is 10.9. The van der Waals surface area contributed by atoms with Gasteiger partial charge in [-0.15, -0.1) is 0 Å². The summed E-state index contributed by atoms with van der Waals surface area (Å²) in [5.74, 6) is 0.886. The van der Waals surface area contributed by atoms with Gasteiger partial charge in [-0.25, -0.2) is 0 Å². The zero-order chi connectivity index (χ0) is 15.5. The molecule has 0 amide bonds. The number of aliphatic hydroxyl groups excluding tert-OH is 1. The van der Waals surface area contributed by atoms with Gasteiger partial charge in [0.15, 0.2) is 6.79 Å². The average molecular weight is 292 g/mol. The highest BCUT2D eigenvalue weighted by molar-refractivity contribution is 5.45. The smallest absolute Gasteiger partial charge is 0.186 e. The molecule has 1 N–H and O–H groups in total. The van der Waals surface area contributed by atoms with Gasteiger partial charge >= 0.3 is 0 Å². The van der Waals surface area contributed by atoms with E-state index in [1.54, 1.807) is 0 Å². The van der Waals surface area contributed by atoms with Crippen molar-refractivity contribution in [2.75, 3.05) is 6.79 Å². The van der Waals surface area contributed by atoms with E-state index in [2.05, 4.69) is 32.9 Å². The van der Waals surface area contributed by atoms with Crippen LogP contribution in [-0.2, 0) is 19.3 Å². The lowest BCUT2D eigenvalue weighted by atomic mass is 9.90. The summed E-state index contributed by atoms with van der Waals surface area (Å²) in [6.07, 6.45) is 10.6. The zero-order valence-corrected chi connectivity index (χ0v) is 14.1. The number of unbranched alkanes of at least 4 members (excludes halogenated alkanes) is 3. The third kappa shape index (κ3) is 5.70. The molecule has 0 heterocycles. The first-order valence-electron chi connectivity index (χ1n) is 8.65. The van der Waals surface area contributed by atoms with E-state index in [-0.39, 0.29) is 6.79 Å². The van der Waals surface area contributed by atoms with Crippen LogP contribution in [-0.4, -0.2) is 11.9 Å². The second kappa shape index (κ2) is 10.7. The van der Waals surface area contributed by atoms with Crippen molar-refractivity contribution in [1.29, 1.82) is 0 Å². The molecule has 0 saturated heterocycles. The van der Waals surface area contributed by atoms with Crippen LogP contribution >= 0.6 is 0 Å². The molecule has 0 atom stereocenters. The molecule has 0 bridgehead atoms. The summed E-state index contributed by atoms with van der Waals surface area (Å²) in [4.78, 5) is 0. The van der Waals surface area contributed by atoms with Crippen molar-refractivity contribution >= 4 is 0 Å². The molecule has 21 heavy (non-hydrogen) atoms. The van der Waals surface area contributed by atoms with Gasteiger partial charge in [0, 0.05) is 0 Å². The molecular weight excluding hydrogens is 260 g/mol. The van der Waals surface area contributed by atoms with E-state index in [1.807, 2.05) is 0 Å². The van der Waals surface area contributed by atoms with E-state index in [9.17, 15) is 0 Å². The van der Waals surface area contributed by atoms with Crippen molar-refractivity contribution in [3.63, 3.8) is 0 Å². The van der Waals surface area contributed by atoms with Gasteiger partial charge in [-0.3, -0.25) is 0 Å². The first-order chi connectivity index (χ1) is 10.3. The minimum atomic E-state index is -0.235. The van der Waals surface area contributed by atoms with Crippen LogP contribution in [0.15, 0.2) is 12.1 Å².